The number of amides is 1. The van der Waals surface area contributed by atoms with E-state index in [0.717, 1.165) is 37.6 Å². The van der Waals surface area contributed by atoms with E-state index in [4.69, 9.17) is 10.1 Å². The van der Waals surface area contributed by atoms with Gasteiger partial charge in [-0.15, -0.1) is 0 Å². The normalized spacial score (nSPS) is 13.2. The highest BCUT2D eigenvalue weighted by Crippen LogP contribution is 2.27. The van der Waals surface area contributed by atoms with Gasteiger partial charge in [-0.25, -0.2) is 0 Å². The van der Waals surface area contributed by atoms with E-state index in [-0.39, 0.29) is 11.8 Å². The van der Waals surface area contributed by atoms with Crippen molar-refractivity contribution in [3.63, 3.8) is 0 Å². The summed E-state index contributed by atoms with van der Waals surface area (Å²) in [6.45, 7) is 7.94. The molecule has 3 N–H and O–H groups in total. The van der Waals surface area contributed by atoms with Gasteiger partial charge in [0.15, 0.2) is 0 Å². The maximum atomic E-state index is 12.9. The number of nitrogens with zero attached hydrogens (tertiary/aromatic N) is 3. The van der Waals surface area contributed by atoms with E-state index in [9.17, 15) is 10.1 Å². The molecule has 1 saturated heterocycles. The summed E-state index contributed by atoms with van der Waals surface area (Å²) < 4.78 is 5.10. The molecule has 0 aliphatic carbocycles. The van der Waals surface area contributed by atoms with E-state index in [1.807, 2.05) is 26.0 Å². The van der Waals surface area contributed by atoms with Gasteiger partial charge in [-0.1, -0.05) is 19.9 Å². The highest BCUT2D eigenvalue weighted by Gasteiger charge is 2.18. The third-order valence-electron chi connectivity index (χ3n) is 5.71. The maximum Gasteiger partial charge on any atom is 0.255 e. The first-order chi connectivity index (χ1) is 17.4. The Kier molecular flexibility index (Phi) is 9.69. The molecule has 8 nitrogen and oxygen atoms in total. The van der Waals surface area contributed by atoms with E-state index in [2.05, 4.69) is 33.6 Å². The van der Waals surface area contributed by atoms with Crippen LogP contribution in [0.25, 0.3) is 0 Å². The molecule has 0 unspecified atom stereocenters. The first-order valence-corrected chi connectivity index (χ1v) is 11.8. The molecule has 0 radical (unpaired) electrons. The summed E-state index contributed by atoms with van der Waals surface area (Å²) in [5, 5.41) is 23.1. The minimum absolute atomic E-state index is 0.0378. The lowest BCUT2D eigenvalue weighted by Crippen LogP contribution is -2.32. The SMILES string of the molecule is CC(C)c1c(C#N)cccc1C(=O)Nc1ccc(C=N)c(Nc2ccncc2)c1.CN1CCOCC1. The number of benzene rings is 2. The highest BCUT2D eigenvalue weighted by molar-refractivity contribution is 6.06. The van der Waals surface area contributed by atoms with Crippen molar-refractivity contribution >= 4 is 29.2 Å². The number of nitriles is 1. The number of hydrogen-bond acceptors (Lipinski definition) is 7. The van der Waals surface area contributed by atoms with Crippen LogP contribution in [0.1, 0.15) is 46.8 Å². The fraction of sp³-hybridized carbons (Fsp3) is 0.286. The zero-order chi connectivity index (χ0) is 25.9. The van der Waals surface area contributed by atoms with Gasteiger partial charge in [-0.2, -0.15) is 5.26 Å². The Morgan fingerprint density at radius 2 is 1.86 bits per heavy atom. The molecule has 4 rings (SSSR count). The number of ether oxygens (including phenoxy) is 1. The van der Waals surface area contributed by atoms with Gasteiger partial charge in [-0.05, 0) is 61.0 Å². The van der Waals surface area contributed by atoms with E-state index < -0.39 is 0 Å². The van der Waals surface area contributed by atoms with Crippen molar-refractivity contribution in [1.82, 2.24) is 9.88 Å². The van der Waals surface area contributed by atoms with Gasteiger partial charge in [0.1, 0.15) is 0 Å². The second-order valence-electron chi connectivity index (χ2n) is 8.71. The van der Waals surface area contributed by atoms with Crippen LogP contribution in [0.5, 0.6) is 0 Å². The first kappa shape index (κ1) is 26.5. The van der Waals surface area contributed by atoms with Crippen molar-refractivity contribution in [2.24, 2.45) is 0 Å². The largest absolute Gasteiger partial charge is 0.379 e. The summed E-state index contributed by atoms with van der Waals surface area (Å²) in [4.78, 5) is 19.2. The van der Waals surface area contributed by atoms with Crippen LogP contribution in [0.3, 0.4) is 0 Å². The molecule has 0 spiro atoms. The number of aromatic nitrogens is 1. The van der Waals surface area contributed by atoms with E-state index in [0.29, 0.717) is 28.1 Å². The molecular formula is C28H32N6O2. The smallest absolute Gasteiger partial charge is 0.255 e. The fourth-order valence-corrected chi connectivity index (χ4v) is 3.79. The minimum atomic E-state index is -0.275. The molecule has 1 aliphatic rings. The van der Waals surface area contributed by atoms with Crippen LogP contribution < -0.4 is 10.6 Å². The molecule has 186 valence electrons. The lowest BCUT2D eigenvalue weighted by atomic mass is 9.92. The predicted octanol–water partition coefficient (Wildman–Crippen LogP) is 5.02. The van der Waals surface area contributed by atoms with Crippen LogP contribution in [0, 0.1) is 16.7 Å². The lowest BCUT2D eigenvalue weighted by Gasteiger charge is -2.21. The zero-order valence-corrected chi connectivity index (χ0v) is 20.9. The monoisotopic (exact) mass is 484 g/mol. The molecule has 36 heavy (non-hydrogen) atoms. The molecule has 0 saturated carbocycles. The Morgan fingerprint density at radius 3 is 2.44 bits per heavy atom. The average molecular weight is 485 g/mol. The quantitative estimate of drug-likeness (QED) is 0.423. The molecule has 1 aliphatic heterocycles. The van der Waals surface area contributed by atoms with Crippen molar-refractivity contribution in [3.8, 4) is 6.07 Å². The van der Waals surface area contributed by atoms with Crippen molar-refractivity contribution < 1.29 is 9.53 Å². The van der Waals surface area contributed by atoms with Gasteiger partial charge < -0.3 is 25.7 Å². The minimum Gasteiger partial charge on any atom is -0.379 e. The van der Waals surface area contributed by atoms with Crippen LogP contribution in [0.4, 0.5) is 17.1 Å². The number of carbonyl (C=O) groups excluding carboxylic acids is 1. The molecular weight excluding hydrogens is 452 g/mol. The highest BCUT2D eigenvalue weighted by atomic mass is 16.5. The van der Waals surface area contributed by atoms with Gasteiger partial charge in [0.2, 0.25) is 0 Å². The number of morpholine rings is 1. The van der Waals surface area contributed by atoms with Crippen molar-refractivity contribution in [2.45, 2.75) is 19.8 Å². The maximum absolute atomic E-state index is 12.9. The molecule has 2 aromatic carbocycles. The molecule has 2 heterocycles. The Labute approximate surface area is 212 Å². The standard InChI is InChI=1S/C23H21N5O.C5H11NO/c1-15(2)22-17(14-25)4-3-5-20(22)23(29)28-19-7-6-16(13-24)21(12-19)27-18-8-10-26-11-9-18;1-6-2-4-7-5-3-6/h3-13,15,24H,1-2H3,(H,26,27)(H,28,29);2-5H2,1H3. The van der Waals surface area contributed by atoms with Crippen LogP contribution in [-0.4, -0.2) is 55.4 Å². The van der Waals surface area contributed by atoms with Crippen molar-refractivity contribution in [3.05, 3.63) is 83.2 Å². The van der Waals surface area contributed by atoms with E-state index in [1.165, 1.54) is 6.21 Å². The van der Waals surface area contributed by atoms with Gasteiger partial charge in [-0.3, -0.25) is 9.78 Å². The Morgan fingerprint density at radius 1 is 1.14 bits per heavy atom. The Bertz CT molecular complexity index is 1210. The van der Waals surface area contributed by atoms with Crippen molar-refractivity contribution in [1.29, 1.82) is 10.7 Å². The predicted molar refractivity (Wildman–Crippen MR) is 143 cm³/mol. The molecule has 1 aromatic heterocycles. The topological polar surface area (TPSA) is 114 Å². The van der Waals surface area contributed by atoms with Gasteiger partial charge in [0.25, 0.3) is 5.91 Å². The van der Waals surface area contributed by atoms with Gasteiger partial charge in [0.05, 0.1) is 24.8 Å². The third kappa shape index (κ3) is 7.22. The zero-order valence-electron chi connectivity index (χ0n) is 20.9. The summed E-state index contributed by atoms with van der Waals surface area (Å²) in [6, 6.07) is 16.3. The summed E-state index contributed by atoms with van der Waals surface area (Å²) >= 11 is 0. The Hall–Kier alpha value is -4.06. The number of likely N-dealkylation sites (N-methyl/N-ethyl adjacent to an activating group) is 1. The van der Waals surface area contributed by atoms with Crippen LogP contribution >= 0.6 is 0 Å². The molecule has 3 aromatic rings. The number of nitrogens with one attached hydrogen (secondary N) is 3. The second-order valence-corrected chi connectivity index (χ2v) is 8.71. The van der Waals surface area contributed by atoms with Crippen LogP contribution in [0.15, 0.2) is 60.9 Å². The summed E-state index contributed by atoms with van der Waals surface area (Å²) in [5.41, 5.74) is 4.53. The summed E-state index contributed by atoms with van der Waals surface area (Å²) in [7, 11) is 2.11. The summed E-state index contributed by atoms with van der Waals surface area (Å²) in [5.74, 6) is -0.237. The summed E-state index contributed by atoms with van der Waals surface area (Å²) in [6.07, 6.45) is 4.60. The second kappa shape index (κ2) is 13.1. The van der Waals surface area contributed by atoms with Gasteiger partial charge in [0, 0.05) is 59.9 Å². The van der Waals surface area contributed by atoms with Gasteiger partial charge >= 0.3 is 0 Å². The van der Waals surface area contributed by atoms with E-state index in [1.54, 1.807) is 48.8 Å². The van der Waals surface area contributed by atoms with Crippen LogP contribution in [-0.2, 0) is 4.74 Å². The third-order valence-corrected chi connectivity index (χ3v) is 5.71. The van der Waals surface area contributed by atoms with Crippen LogP contribution in [0.2, 0.25) is 0 Å². The number of rotatable bonds is 6. The fourth-order valence-electron chi connectivity index (χ4n) is 3.79. The Balaban J connectivity index is 0.000000444. The van der Waals surface area contributed by atoms with Crippen molar-refractivity contribution in [2.75, 3.05) is 44.0 Å². The molecule has 0 atom stereocenters. The van der Waals surface area contributed by atoms with E-state index >= 15 is 0 Å². The average Bonchev–Trinajstić information content (AvgIpc) is 2.89. The molecule has 0 bridgehead atoms. The molecule has 8 heteroatoms. The molecule has 1 fully saturated rings. The number of hydrogen-bond donors (Lipinski definition) is 3. The number of carbonyl (C=O) groups is 1. The lowest BCUT2D eigenvalue weighted by molar-refractivity contribution is 0.0503. The number of pyridine rings is 1. The first-order valence-electron chi connectivity index (χ1n) is 11.8. The molecule has 1 amide bonds. The number of anilines is 3.